The van der Waals surface area contributed by atoms with Gasteiger partial charge in [0, 0.05) is 12.0 Å². The normalized spacial score (nSPS) is 14.6. The number of ether oxygens (including phenoxy) is 1. The van der Waals surface area contributed by atoms with Crippen molar-refractivity contribution in [2.24, 2.45) is 5.92 Å². The number of benzene rings is 2. The van der Waals surface area contributed by atoms with Crippen LogP contribution in [0.3, 0.4) is 0 Å². The zero-order chi connectivity index (χ0) is 19.6. The molecule has 0 bridgehead atoms. The van der Waals surface area contributed by atoms with Crippen LogP contribution < -0.4 is 5.46 Å². The third-order valence-electron chi connectivity index (χ3n) is 4.85. The number of esters is 1. The van der Waals surface area contributed by atoms with E-state index in [9.17, 15) is 14.6 Å². The second kappa shape index (κ2) is 7.67. The Kier molecular flexibility index (Phi) is 5.49. The maximum Gasteiger partial charge on any atom is 0.491 e. The molecule has 0 amide bonds. The maximum absolute atomic E-state index is 12.6. The standard InChI is InChI=1S/C21H23BO5/c1-14(20(24)27-21(2,3)17-7-5-4-6-8-17)11-19(23)15-9-10-16-13-26-22(25)18(16)12-15/h4-10,12,14,25H,11,13H2,1-3H3/t14-/m1/s1. The molecule has 140 valence electrons. The lowest BCUT2D eigenvalue weighted by Gasteiger charge is -2.27. The van der Waals surface area contributed by atoms with Crippen molar-refractivity contribution in [3.05, 3.63) is 65.2 Å². The highest BCUT2D eigenvalue weighted by Crippen LogP contribution is 2.26. The van der Waals surface area contributed by atoms with Crippen molar-refractivity contribution in [3.8, 4) is 0 Å². The quantitative estimate of drug-likeness (QED) is 0.483. The molecule has 0 saturated carbocycles. The molecule has 1 N–H and O–H groups in total. The summed E-state index contributed by atoms with van der Waals surface area (Å²) in [4.78, 5) is 25.1. The van der Waals surface area contributed by atoms with Gasteiger partial charge in [0.2, 0.25) is 0 Å². The molecule has 1 heterocycles. The number of hydrogen-bond donors (Lipinski definition) is 1. The molecule has 0 saturated heterocycles. The average Bonchev–Trinajstić information content (AvgIpc) is 3.02. The van der Waals surface area contributed by atoms with E-state index in [4.69, 9.17) is 9.39 Å². The molecule has 1 aliphatic rings. The average molecular weight is 366 g/mol. The Hall–Kier alpha value is -2.44. The molecule has 2 aromatic rings. The number of ketones is 1. The van der Waals surface area contributed by atoms with E-state index >= 15 is 0 Å². The van der Waals surface area contributed by atoms with Crippen LogP contribution in [0.15, 0.2) is 48.5 Å². The molecule has 0 aromatic heterocycles. The SMILES string of the molecule is C[C@H](CC(=O)c1ccc2c(c1)B(O)OC2)C(=O)OC(C)(C)c1ccccc1. The third kappa shape index (κ3) is 4.29. The first-order valence-electron chi connectivity index (χ1n) is 9.02. The van der Waals surface area contributed by atoms with Gasteiger partial charge in [0.25, 0.3) is 0 Å². The number of carbonyl (C=O) groups excluding carboxylic acids is 2. The van der Waals surface area contributed by atoms with Gasteiger partial charge in [0.05, 0.1) is 12.5 Å². The minimum absolute atomic E-state index is 0.0411. The summed E-state index contributed by atoms with van der Waals surface area (Å²) in [6.07, 6.45) is 0.0411. The zero-order valence-corrected chi connectivity index (χ0v) is 15.8. The first kappa shape index (κ1) is 19.3. The van der Waals surface area contributed by atoms with Crippen molar-refractivity contribution in [3.63, 3.8) is 0 Å². The van der Waals surface area contributed by atoms with E-state index in [0.29, 0.717) is 17.6 Å². The van der Waals surface area contributed by atoms with E-state index in [1.54, 1.807) is 25.1 Å². The van der Waals surface area contributed by atoms with E-state index < -0.39 is 24.6 Å². The van der Waals surface area contributed by atoms with Gasteiger partial charge < -0.3 is 14.4 Å². The summed E-state index contributed by atoms with van der Waals surface area (Å²) in [6.45, 7) is 5.68. The van der Waals surface area contributed by atoms with Gasteiger partial charge >= 0.3 is 13.1 Å². The van der Waals surface area contributed by atoms with Gasteiger partial charge in [-0.25, -0.2) is 0 Å². The fraction of sp³-hybridized carbons (Fsp3) is 0.333. The number of fused-ring (bicyclic) bond motifs is 1. The minimum Gasteiger partial charge on any atom is -0.455 e. The van der Waals surface area contributed by atoms with Crippen LogP contribution in [-0.2, 0) is 26.4 Å². The topological polar surface area (TPSA) is 72.8 Å². The van der Waals surface area contributed by atoms with E-state index in [1.165, 1.54) is 0 Å². The van der Waals surface area contributed by atoms with Crippen LogP contribution in [0, 0.1) is 5.92 Å². The monoisotopic (exact) mass is 366 g/mol. The van der Waals surface area contributed by atoms with E-state index in [-0.39, 0.29) is 12.2 Å². The molecule has 0 aliphatic carbocycles. The second-order valence-corrected chi connectivity index (χ2v) is 7.40. The van der Waals surface area contributed by atoms with Crippen LogP contribution in [0.4, 0.5) is 0 Å². The number of carbonyl (C=O) groups is 2. The summed E-state index contributed by atoms with van der Waals surface area (Å²) in [5.41, 5.74) is 2.06. The highest BCUT2D eigenvalue weighted by Gasteiger charge is 2.30. The third-order valence-corrected chi connectivity index (χ3v) is 4.85. The Bertz CT molecular complexity index is 847. The molecule has 1 aliphatic heterocycles. The van der Waals surface area contributed by atoms with Crippen molar-refractivity contribution in [2.75, 3.05) is 0 Å². The Morgan fingerprint density at radius 1 is 1.22 bits per heavy atom. The molecule has 0 spiro atoms. The predicted molar refractivity (Wildman–Crippen MR) is 103 cm³/mol. The van der Waals surface area contributed by atoms with E-state index in [2.05, 4.69) is 0 Å². The summed E-state index contributed by atoms with van der Waals surface area (Å²) < 4.78 is 10.8. The fourth-order valence-electron chi connectivity index (χ4n) is 3.12. The number of Topliss-reactive ketones (excluding diaryl/α,β-unsaturated/α-hetero) is 1. The van der Waals surface area contributed by atoms with Crippen LogP contribution in [0.25, 0.3) is 0 Å². The molecule has 6 heteroatoms. The van der Waals surface area contributed by atoms with Gasteiger partial charge in [-0.05, 0) is 30.4 Å². The molecule has 3 rings (SSSR count). The predicted octanol–water partition coefficient (Wildman–Crippen LogP) is 2.59. The highest BCUT2D eigenvalue weighted by atomic mass is 16.6. The summed E-state index contributed by atoms with van der Waals surface area (Å²) in [6, 6.07) is 14.6. The minimum atomic E-state index is -0.998. The molecular weight excluding hydrogens is 343 g/mol. The van der Waals surface area contributed by atoms with Gasteiger partial charge in [-0.15, -0.1) is 0 Å². The summed E-state index contributed by atoms with van der Waals surface area (Å²) >= 11 is 0. The van der Waals surface area contributed by atoms with Gasteiger partial charge in [0.1, 0.15) is 5.60 Å². The molecule has 0 fully saturated rings. The maximum atomic E-state index is 12.6. The lowest BCUT2D eigenvalue weighted by atomic mass is 9.78. The van der Waals surface area contributed by atoms with Crippen molar-refractivity contribution in [1.82, 2.24) is 0 Å². The Balaban J connectivity index is 1.64. The van der Waals surface area contributed by atoms with Gasteiger partial charge in [0.15, 0.2) is 5.78 Å². The number of rotatable bonds is 6. The van der Waals surface area contributed by atoms with Crippen molar-refractivity contribution in [2.45, 2.75) is 39.4 Å². The Morgan fingerprint density at radius 3 is 2.63 bits per heavy atom. The van der Waals surface area contributed by atoms with Crippen LogP contribution in [0.1, 0.15) is 48.7 Å². The van der Waals surface area contributed by atoms with E-state index in [0.717, 1.165) is 11.1 Å². The molecule has 27 heavy (non-hydrogen) atoms. The molecule has 0 unspecified atom stereocenters. The van der Waals surface area contributed by atoms with E-state index in [1.807, 2.05) is 44.2 Å². The molecule has 2 aromatic carbocycles. The first-order valence-corrected chi connectivity index (χ1v) is 9.02. The van der Waals surface area contributed by atoms with Crippen molar-refractivity contribution < 1.29 is 24.0 Å². The molecule has 0 radical (unpaired) electrons. The van der Waals surface area contributed by atoms with Crippen LogP contribution in [-0.4, -0.2) is 23.9 Å². The summed E-state index contributed by atoms with van der Waals surface area (Å²) in [5, 5.41) is 9.79. The summed E-state index contributed by atoms with van der Waals surface area (Å²) in [5.74, 6) is -1.16. The largest absolute Gasteiger partial charge is 0.491 e. The lowest BCUT2D eigenvalue weighted by Crippen LogP contribution is -2.30. The lowest BCUT2D eigenvalue weighted by molar-refractivity contribution is -0.162. The summed E-state index contributed by atoms with van der Waals surface area (Å²) in [7, 11) is -0.998. The number of hydrogen-bond acceptors (Lipinski definition) is 5. The first-order chi connectivity index (χ1) is 12.8. The van der Waals surface area contributed by atoms with Crippen LogP contribution in [0.5, 0.6) is 0 Å². The van der Waals surface area contributed by atoms with Crippen LogP contribution in [0.2, 0.25) is 0 Å². The highest BCUT2D eigenvalue weighted by molar-refractivity contribution is 6.61. The zero-order valence-electron chi connectivity index (χ0n) is 15.8. The Labute approximate surface area is 159 Å². The van der Waals surface area contributed by atoms with Gasteiger partial charge in [-0.1, -0.05) is 55.5 Å². The second-order valence-electron chi connectivity index (χ2n) is 7.40. The molecule has 1 atom stereocenters. The molecular formula is C21H23BO5. The smallest absolute Gasteiger partial charge is 0.455 e. The van der Waals surface area contributed by atoms with Crippen molar-refractivity contribution >= 4 is 24.3 Å². The van der Waals surface area contributed by atoms with Gasteiger partial charge in [-0.3, -0.25) is 9.59 Å². The fourth-order valence-corrected chi connectivity index (χ4v) is 3.12. The Morgan fingerprint density at radius 2 is 1.93 bits per heavy atom. The van der Waals surface area contributed by atoms with Crippen LogP contribution >= 0.6 is 0 Å². The molecule has 5 nitrogen and oxygen atoms in total. The van der Waals surface area contributed by atoms with Gasteiger partial charge in [-0.2, -0.15) is 0 Å². The van der Waals surface area contributed by atoms with Crippen molar-refractivity contribution in [1.29, 1.82) is 0 Å².